The summed E-state index contributed by atoms with van der Waals surface area (Å²) in [5, 5.41) is 13.5. The van der Waals surface area contributed by atoms with Gasteiger partial charge in [-0.1, -0.05) is 13.0 Å². The molecule has 5 rings (SSSR count). The number of amides is 1. The zero-order chi connectivity index (χ0) is 19.3. The van der Waals surface area contributed by atoms with Crippen LogP contribution in [0.25, 0.3) is 10.9 Å². The highest BCUT2D eigenvalue weighted by molar-refractivity contribution is 6.02. The Morgan fingerprint density at radius 1 is 1.18 bits per heavy atom. The van der Waals surface area contributed by atoms with Gasteiger partial charge in [0, 0.05) is 28.2 Å². The zero-order valence-electron chi connectivity index (χ0n) is 15.6. The smallest absolute Gasteiger partial charge is 0.235 e. The van der Waals surface area contributed by atoms with Gasteiger partial charge in [-0.05, 0) is 54.8 Å². The standard InChI is InChI=1S/C22H22N2O4/c1-13(11-25)18-9-14-8-16(3-4-17(14)24-18)23-21(26)22(6-7-22)15-2-5-19-20(10-15)28-12-27-19/h2-5,8-10,13,24-25H,6-7,11-12H2,1H3,(H,23,26). The number of aliphatic hydroxyl groups is 1. The van der Waals surface area contributed by atoms with Gasteiger partial charge in [0.2, 0.25) is 12.7 Å². The first kappa shape index (κ1) is 17.1. The number of ether oxygens (including phenoxy) is 2. The van der Waals surface area contributed by atoms with Gasteiger partial charge >= 0.3 is 0 Å². The molecule has 6 nitrogen and oxygen atoms in total. The quantitative estimate of drug-likeness (QED) is 0.633. The maximum absolute atomic E-state index is 13.1. The predicted molar refractivity (Wildman–Crippen MR) is 106 cm³/mol. The van der Waals surface area contributed by atoms with Crippen molar-refractivity contribution in [3.05, 3.63) is 53.7 Å². The highest BCUT2D eigenvalue weighted by atomic mass is 16.7. The molecule has 1 atom stereocenters. The molecular weight excluding hydrogens is 356 g/mol. The van der Waals surface area contributed by atoms with E-state index in [4.69, 9.17) is 9.47 Å². The Labute approximate surface area is 162 Å². The molecule has 6 heteroatoms. The average Bonchev–Trinajstić information content (AvgIpc) is 3.20. The Kier molecular flexibility index (Phi) is 3.84. The molecule has 1 unspecified atom stereocenters. The number of rotatable bonds is 5. The van der Waals surface area contributed by atoms with Gasteiger partial charge in [-0.3, -0.25) is 4.79 Å². The molecule has 1 aliphatic carbocycles. The lowest BCUT2D eigenvalue weighted by molar-refractivity contribution is -0.118. The Hall–Kier alpha value is -2.99. The molecule has 3 N–H and O–H groups in total. The normalized spacial score (nSPS) is 17.5. The molecule has 2 heterocycles. The third-order valence-corrected chi connectivity index (χ3v) is 5.81. The maximum Gasteiger partial charge on any atom is 0.235 e. The van der Waals surface area contributed by atoms with Gasteiger partial charge < -0.3 is 24.9 Å². The minimum Gasteiger partial charge on any atom is -0.454 e. The number of hydrogen-bond donors (Lipinski definition) is 3. The van der Waals surface area contributed by atoms with Crippen LogP contribution in [0, 0.1) is 0 Å². The van der Waals surface area contributed by atoms with E-state index < -0.39 is 5.41 Å². The highest BCUT2D eigenvalue weighted by Gasteiger charge is 2.51. The third-order valence-electron chi connectivity index (χ3n) is 5.81. The second-order valence-corrected chi connectivity index (χ2v) is 7.71. The van der Waals surface area contributed by atoms with Crippen molar-refractivity contribution in [1.82, 2.24) is 4.98 Å². The second-order valence-electron chi connectivity index (χ2n) is 7.71. The molecule has 1 amide bonds. The number of carbonyl (C=O) groups excluding carboxylic acids is 1. The molecule has 2 aliphatic rings. The summed E-state index contributed by atoms with van der Waals surface area (Å²) in [6, 6.07) is 13.6. The number of nitrogens with one attached hydrogen (secondary N) is 2. The van der Waals surface area contributed by atoms with Crippen LogP contribution in [0.5, 0.6) is 11.5 Å². The molecule has 0 bridgehead atoms. The number of H-pyrrole nitrogens is 1. The van der Waals surface area contributed by atoms with Gasteiger partial charge in [0.25, 0.3) is 0 Å². The van der Waals surface area contributed by atoms with E-state index in [1.54, 1.807) is 0 Å². The van der Waals surface area contributed by atoms with Crippen molar-refractivity contribution >= 4 is 22.5 Å². The van der Waals surface area contributed by atoms with Crippen molar-refractivity contribution in [2.45, 2.75) is 31.1 Å². The topological polar surface area (TPSA) is 83.6 Å². The molecule has 28 heavy (non-hydrogen) atoms. The summed E-state index contributed by atoms with van der Waals surface area (Å²) in [6.45, 7) is 2.29. The van der Waals surface area contributed by atoms with Crippen LogP contribution in [0.3, 0.4) is 0 Å². The summed E-state index contributed by atoms with van der Waals surface area (Å²) in [5.41, 5.74) is 3.22. The molecule has 3 aromatic rings. The number of carbonyl (C=O) groups is 1. The van der Waals surface area contributed by atoms with Crippen LogP contribution in [0.15, 0.2) is 42.5 Å². The summed E-state index contributed by atoms with van der Waals surface area (Å²) in [6.07, 6.45) is 1.64. The van der Waals surface area contributed by atoms with Crippen LogP contribution in [-0.2, 0) is 10.2 Å². The van der Waals surface area contributed by atoms with Crippen molar-refractivity contribution in [3.8, 4) is 11.5 Å². The largest absolute Gasteiger partial charge is 0.454 e. The number of aliphatic hydroxyl groups excluding tert-OH is 1. The van der Waals surface area contributed by atoms with Crippen LogP contribution < -0.4 is 14.8 Å². The fourth-order valence-electron chi connectivity index (χ4n) is 3.81. The molecule has 1 saturated carbocycles. The summed E-state index contributed by atoms with van der Waals surface area (Å²) in [7, 11) is 0. The van der Waals surface area contributed by atoms with E-state index in [2.05, 4.69) is 10.3 Å². The number of hydrogen-bond acceptors (Lipinski definition) is 4. The molecule has 0 saturated heterocycles. The Bertz CT molecular complexity index is 1070. The minimum absolute atomic E-state index is 0.00482. The van der Waals surface area contributed by atoms with Gasteiger partial charge in [-0.2, -0.15) is 0 Å². The second kappa shape index (κ2) is 6.27. The van der Waals surface area contributed by atoms with Crippen LogP contribution in [0.4, 0.5) is 5.69 Å². The van der Waals surface area contributed by atoms with E-state index in [0.717, 1.165) is 46.4 Å². The monoisotopic (exact) mass is 378 g/mol. The SMILES string of the molecule is CC(CO)c1cc2cc(NC(=O)C3(c4ccc5c(c4)OCO5)CC3)ccc2[nH]1. The van der Waals surface area contributed by atoms with E-state index in [1.807, 2.05) is 49.4 Å². The summed E-state index contributed by atoms with van der Waals surface area (Å²) >= 11 is 0. The van der Waals surface area contributed by atoms with Crippen molar-refractivity contribution < 1.29 is 19.4 Å². The molecule has 144 valence electrons. The van der Waals surface area contributed by atoms with Crippen molar-refractivity contribution in [1.29, 1.82) is 0 Å². The predicted octanol–water partition coefficient (Wildman–Crippen LogP) is 3.66. The molecule has 0 spiro atoms. The van der Waals surface area contributed by atoms with Crippen LogP contribution in [-0.4, -0.2) is 29.4 Å². The number of fused-ring (bicyclic) bond motifs is 2. The molecule has 1 aromatic heterocycles. The molecule has 1 fully saturated rings. The zero-order valence-corrected chi connectivity index (χ0v) is 15.6. The van der Waals surface area contributed by atoms with Gasteiger partial charge in [0.05, 0.1) is 12.0 Å². The first-order valence-corrected chi connectivity index (χ1v) is 9.54. The summed E-state index contributed by atoms with van der Waals surface area (Å²) < 4.78 is 10.8. The molecule has 0 radical (unpaired) electrons. The van der Waals surface area contributed by atoms with E-state index in [0.29, 0.717) is 5.75 Å². The van der Waals surface area contributed by atoms with E-state index in [-0.39, 0.29) is 25.2 Å². The van der Waals surface area contributed by atoms with Gasteiger partial charge in [-0.25, -0.2) is 0 Å². The maximum atomic E-state index is 13.1. The highest BCUT2D eigenvalue weighted by Crippen LogP contribution is 2.51. The Balaban J connectivity index is 1.39. The van der Waals surface area contributed by atoms with Gasteiger partial charge in [0.1, 0.15) is 0 Å². The first-order chi connectivity index (χ1) is 13.6. The Morgan fingerprint density at radius 3 is 2.79 bits per heavy atom. The van der Waals surface area contributed by atoms with Gasteiger partial charge in [-0.15, -0.1) is 0 Å². The lowest BCUT2D eigenvalue weighted by Crippen LogP contribution is -2.27. The number of aromatic nitrogens is 1. The Morgan fingerprint density at radius 2 is 2.00 bits per heavy atom. The average molecular weight is 378 g/mol. The van der Waals surface area contributed by atoms with E-state index in [9.17, 15) is 9.90 Å². The molecule has 2 aromatic carbocycles. The van der Waals surface area contributed by atoms with Crippen molar-refractivity contribution in [2.24, 2.45) is 0 Å². The fraction of sp³-hybridized carbons (Fsp3) is 0.318. The molecular formula is C22H22N2O4. The van der Waals surface area contributed by atoms with Crippen molar-refractivity contribution in [2.75, 3.05) is 18.7 Å². The lowest BCUT2D eigenvalue weighted by Gasteiger charge is -2.16. The molecule has 1 aliphatic heterocycles. The van der Waals surface area contributed by atoms with Gasteiger partial charge in [0.15, 0.2) is 11.5 Å². The van der Waals surface area contributed by atoms with Crippen LogP contribution in [0.1, 0.15) is 36.9 Å². The van der Waals surface area contributed by atoms with Crippen molar-refractivity contribution in [3.63, 3.8) is 0 Å². The lowest BCUT2D eigenvalue weighted by atomic mass is 9.94. The van der Waals surface area contributed by atoms with E-state index in [1.165, 1.54) is 0 Å². The fourth-order valence-corrected chi connectivity index (χ4v) is 3.81. The number of anilines is 1. The third kappa shape index (κ3) is 2.72. The number of benzene rings is 2. The summed E-state index contributed by atoms with van der Waals surface area (Å²) in [4.78, 5) is 16.4. The summed E-state index contributed by atoms with van der Waals surface area (Å²) in [5.74, 6) is 1.48. The van der Waals surface area contributed by atoms with E-state index >= 15 is 0 Å². The minimum atomic E-state index is -0.495. The van der Waals surface area contributed by atoms with Crippen LogP contribution in [0.2, 0.25) is 0 Å². The number of aromatic amines is 1. The van der Waals surface area contributed by atoms with Crippen LogP contribution >= 0.6 is 0 Å². The first-order valence-electron chi connectivity index (χ1n) is 9.54.